The van der Waals surface area contributed by atoms with Crippen LogP contribution >= 0.6 is 0 Å². The van der Waals surface area contributed by atoms with Gasteiger partial charge in [-0.05, 0) is 66.0 Å². The molecule has 0 bridgehead atoms. The van der Waals surface area contributed by atoms with Crippen LogP contribution < -0.4 is 8.97 Å². The van der Waals surface area contributed by atoms with Gasteiger partial charge in [0.05, 0.1) is 22.1 Å². The van der Waals surface area contributed by atoms with Gasteiger partial charge in [-0.2, -0.15) is 14.1 Å². The third kappa shape index (κ3) is 3.95. The summed E-state index contributed by atoms with van der Waals surface area (Å²) in [6, 6.07) is 19.5. The van der Waals surface area contributed by atoms with Gasteiger partial charge < -0.3 is 0 Å². The van der Waals surface area contributed by atoms with Gasteiger partial charge in [0.25, 0.3) is 11.7 Å². The molecule has 0 saturated carbocycles. The monoisotopic (exact) mass is 626 g/mol. The van der Waals surface area contributed by atoms with Crippen molar-refractivity contribution in [3.8, 4) is 11.3 Å². The molecular weight excluding hydrogens is 579 g/mol. The zero-order valence-corrected chi connectivity index (χ0v) is 29.2. The first-order valence-electron chi connectivity index (χ1n) is 17.6. The summed E-state index contributed by atoms with van der Waals surface area (Å²) in [7, 11) is 0. The number of pyridine rings is 2. The number of unbranched alkanes of at least 4 members (excludes halogenated alkanes) is 1. The Morgan fingerprint density at radius 2 is 1.70 bits per heavy atom. The average Bonchev–Trinajstić information content (AvgIpc) is 3.51. The molecule has 0 fully saturated rings. The lowest BCUT2D eigenvalue weighted by molar-refractivity contribution is -0.732. The number of fused-ring (bicyclic) bond motifs is 3. The Kier molecular flexibility index (Phi) is 6.55. The molecule has 6 aromatic rings. The summed E-state index contributed by atoms with van der Waals surface area (Å²) in [5.74, 6) is -0.106. The molecule has 8 rings (SSSR count). The maximum atomic E-state index is 16.4. The number of hydrogen-bond acceptors (Lipinski definition) is 1. The van der Waals surface area contributed by atoms with Gasteiger partial charge >= 0.3 is 0 Å². The molecule has 4 nitrogen and oxygen atoms in total. The quantitative estimate of drug-likeness (QED) is 0.169. The second kappa shape index (κ2) is 10.2. The first-order valence-corrected chi connectivity index (χ1v) is 17.6. The molecule has 5 heteroatoms. The van der Waals surface area contributed by atoms with Crippen molar-refractivity contribution in [3.63, 3.8) is 0 Å². The number of benzene rings is 2. The number of aryl methyl sites for hydroxylation is 1. The maximum Gasteiger partial charge on any atom is 0.275 e. The van der Waals surface area contributed by atoms with E-state index < -0.39 is 5.41 Å². The minimum Gasteiger partial charge on any atom is -0.227 e. The second-order valence-electron chi connectivity index (χ2n) is 15.6. The predicted molar refractivity (Wildman–Crippen MR) is 188 cm³/mol. The topological polar surface area (TPSA) is 25.3 Å². The lowest BCUT2D eigenvalue weighted by Gasteiger charge is -2.44. The Labute approximate surface area is 277 Å². The fourth-order valence-corrected chi connectivity index (χ4v) is 9.20. The Morgan fingerprint density at radius 3 is 2.43 bits per heavy atom. The fourth-order valence-electron chi connectivity index (χ4n) is 9.20. The van der Waals surface area contributed by atoms with Crippen molar-refractivity contribution in [2.24, 2.45) is 0 Å². The molecule has 240 valence electrons. The summed E-state index contributed by atoms with van der Waals surface area (Å²) >= 11 is 0. The summed E-state index contributed by atoms with van der Waals surface area (Å²) in [4.78, 5) is 0. The van der Waals surface area contributed by atoms with E-state index in [4.69, 9.17) is 5.10 Å². The molecule has 1 unspecified atom stereocenters. The summed E-state index contributed by atoms with van der Waals surface area (Å²) in [6.45, 7) is 18.0. The largest absolute Gasteiger partial charge is 0.275 e. The first-order chi connectivity index (χ1) is 22.5. The van der Waals surface area contributed by atoms with Crippen molar-refractivity contribution >= 4 is 21.8 Å². The molecule has 4 aromatic heterocycles. The fraction of sp³-hybridized carbons (Fsp3) is 0.405. The molecule has 47 heavy (non-hydrogen) atoms. The van der Waals surface area contributed by atoms with Crippen LogP contribution in [-0.2, 0) is 22.7 Å². The van der Waals surface area contributed by atoms with Crippen LogP contribution in [0.3, 0.4) is 0 Å². The van der Waals surface area contributed by atoms with Crippen LogP contribution in [0.15, 0.2) is 73.2 Å². The molecule has 0 spiro atoms. The van der Waals surface area contributed by atoms with Crippen molar-refractivity contribution in [2.45, 2.75) is 110 Å². The highest BCUT2D eigenvalue weighted by Gasteiger charge is 2.58. The zero-order valence-electron chi connectivity index (χ0n) is 29.2. The molecule has 2 aromatic carbocycles. The van der Waals surface area contributed by atoms with Crippen molar-refractivity contribution < 1.29 is 13.4 Å². The van der Waals surface area contributed by atoms with Crippen LogP contribution in [0, 0.1) is 5.82 Å². The highest BCUT2D eigenvalue weighted by atomic mass is 19.1. The van der Waals surface area contributed by atoms with E-state index in [1.54, 1.807) is 6.07 Å². The summed E-state index contributed by atoms with van der Waals surface area (Å²) in [6.07, 6.45) is 12.0. The van der Waals surface area contributed by atoms with E-state index in [0.29, 0.717) is 0 Å². The molecule has 5 heterocycles. The SMILES string of the molecule is CCCCc1ccc2c3c4[n+](ccc13)C(c1cn3nc(C(C)(C)C)cc3c3cccc[n+]13)C(CC)(CC)c1ccc(F)c(c1-4)C2(C)C. The smallest absolute Gasteiger partial charge is 0.227 e. The number of hydrogen-bond donors (Lipinski definition) is 0. The van der Waals surface area contributed by atoms with Gasteiger partial charge in [-0.15, -0.1) is 0 Å². The average molecular weight is 627 g/mol. The van der Waals surface area contributed by atoms with Crippen molar-refractivity contribution in [1.29, 1.82) is 0 Å². The first kappa shape index (κ1) is 30.2. The van der Waals surface area contributed by atoms with Gasteiger partial charge in [0.2, 0.25) is 11.2 Å². The Bertz CT molecular complexity index is 2250. The minimum absolute atomic E-state index is 0.0438. The van der Waals surface area contributed by atoms with Crippen LogP contribution in [0.2, 0.25) is 0 Å². The lowest BCUT2D eigenvalue weighted by Crippen LogP contribution is -2.59. The Hall–Kier alpha value is -4.12. The van der Waals surface area contributed by atoms with Crippen molar-refractivity contribution in [2.75, 3.05) is 0 Å². The van der Waals surface area contributed by atoms with E-state index in [1.165, 1.54) is 38.9 Å². The standard InChI is InChI=1S/C42H47FN4/c1-9-12-15-26-17-18-28-35-27(26)21-23-46-38(35)36-29(19-20-30(43)37(36)41(28,7)8)42(10-2,11-3)39(46)33-25-47-32(24-34(44-47)40(4,5)6)31-16-13-14-22-45(31)33/h13-14,16-25,39H,9-12,15H2,1-8H3/q+2. The molecule has 0 N–H and O–H groups in total. The van der Waals surface area contributed by atoms with Crippen LogP contribution in [0.1, 0.15) is 121 Å². The zero-order chi connectivity index (χ0) is 33.0. The van der Waals surface area contributed by atoms with E-state index in [2.05, 4.69) is 136 Å². The highest BCUT2D eigenvalue weighted by Crippen LogP contribution is 2.57. The number of nitrogens with zero attached hydrogens (tertiary/aromatic N) is 4. The second-order valence-corrected chi connectivity index (χ2v) is 15.6. The number of halogens is 1. The van der Waals surface area contributed by atoms with Crippen LogP contribution in [-0.4, -0.2) is 9.61 Å². The van der Waals surface area contributed by atoms with Gasteiger partial charge in [-0.1, -0.05) is 80.0 Å². The van der Waals surface area contributed by atoms with E-state index in [0.717, 1.165) is 60.0 Å². The lowest BCUT2D eigenvalue weighted by atomic mass is 9.59. The molecule has 0 saturated heterocycles. The van der Waals surface area contributed by atoms with Gasteiger partial charge in [-0.3, -0.25) is 0 Å². The molecule has 1 atom stereocenters. The molecule has 2 aliphatic rings. The van der Waals surface area contributed by atoms with E-state index in [9.17, 15) is 0 Å². The summed E-state index contributed by atoms with van der Waals surface area (Å²) in [5, 5.41) is 7.78. The van der Waals surface area contributed by atoms with Gasteiger partial charge in [0.15, 0.2) is 12.4 Å². The molecule has 1 aliphatic carbocycles. The van der Waals surface area contributed by atoms with Crippen LogP contribution in [0.5, 0.6) is 0 Å². The highest BCUT2D eigenvalue weighted by molar-refractivity contribution is 6.02. The molecule has 0 radical (unpaired) electrons. The van der Waals surface area contributed by atoms with E-state index in [-0.39, 0.29) is 22.7 Å². The summed E-state index contributed by atoms with van der Waals surface area (Å²) < 4.78 is 23.4. The normalized spacial score (nSPS) is 17.6. The molecule has 0 amide bonds. The van der Waals surface area contributed by atoms with E-state index in [1.807, 2.05) is 0 Å². The van der Waals surface area contributed by atoms with E-state index >= 15 is 4.39 Å². The molecular formula is C42H47FN4+2. The van der Waals surface area contributed by atoms with Gasteiger partial charge in [0.1, 0.15) is 17.5 Å². The third-order valence-electron chi connectivity index (χ3n) is 11.8. The van der Waals surface area contributed by atoms with Crippen LogP contribution in [0.25, 0.3) is 33.1 Å². The number of aromatic nitrogens is 4. The van der Waals surface area contributed by atoms with Gasteiger partial charge in [-0.25, -0.2) is 8.91 Å². The van der Waals surface area contributed by atoms with Crippen molar-refractivity contribution in [3.05, 3.63) is 113 Å². The minimum atomic E-state index is -0.470. The number of rotatable bonds is 6. The predicted octanol–water partition coefficient (Wildman–Crippen LogP) is 9.26. The molecule has 1 aliphatic heterocycles. The third-order valence-corrected chi connectivity index (χ3v) is 11.8. The van der Waals surface area contributed by atoms with Gasteiger partial charge in [0, 0.05) is 34.6 Å². The summed E-state index contributed by atoms with van der Waals surface area (Å²) in [5.41, 5.74) is 10.7. The maximum absolute atomic E-state index is 16.4. The Balaban J connectivity index is 1.55. The van der Waals surface area contributed by atoms with Crippen molar-refractivity contribution in [1.82, 2.24) is 9.61 Å². The Morgan fingerprint density at radius 1 is 0.936 bits per heavy atom. The van der Waals surface area contributed by atoms with Crippen LogP contribution in [0.4, 0.5) is 4.39 Å².